The van der Waals surface area contributed by atoms with E-state index >= 15 is 0 Å². The predicted molar refractivity (Wildman–Crippen MR) is 75.9 cm³/mol. The van der Waals surface area contributed by atoms with Crippen LogP contribution in [0.5, 0.6) is 5.75 Å². The summed E-state index contributed by atoms with van der Waals surface area (Å²) in [4.78, 5) is 0. The summed E-state index contributed by atoms with van der Waals surface area (Å²) in [7, 11) is 0. The van der Waals surface area contributed by atoms with Crippen molar-refractivity contribution in [3.8, 4) is 5.75 Å². The van der Waals surface area contributed by atoms with E-state index in [9.17, 15) is 8.78 Å². The van der Waals surface area contributed by atoms with Crippen molar-refractivity contribution in [3.63, 3.8) is 0 Å². The molecule has 0 amide bonds. The molecule has 2 unspecified atom stereocenters. The lowest BCUT2D eigenvalue weighted by Crippen LogP contribution is -2.54. The Bertz CT molecular complexity index is 462. The van der Waals surface area contributed by atoms with Crippen LogP contribution in [0.2, 0.25) is 0 Å². The molecule has 0 saturated heterocycles. The number of likely N-dealkylation sites (N-methyl/N-ethyl adjacent to an activating group) is 1. The summed E-state index contributed by atoms with van der Waals surface area (Å²) < 4.78 is 32.7. The third kappa shape index (κ3) is 3.29. The number of hydrogen-bond acceptors (Lipinski definition) is 2. The van der Waals surface area contributed by atoms with Crippen molar-refractivity contribution in [2.24, 2.45) is 5.41 Å². The minimum atomic E-state index is -0.509. The Kier molecular flexibility index (Phi) is 4.63. The van der Waals surface area contributed by atoms with Gasteiger partial charge in [-0.3, -0.25) is 0 Å². The van der Waals surface area contributed by atoms with Crippen molar-refractivity contribution in [1.82, 2.24) is 5.32 Å². The average molecular weight is 283 g/mol. The van der Waals surface area contributed by atoms with Gasteiger partial charge < -0.3 is 10.1 Å². The SMILES string of the molecule is CCNC1C(Oc2cc(F)ccc2F)CCCC1(C)C. The van der Waals surface area contributed by atoms with Crippen LogP contribution in [-0.2, 0) is 0 Å². The fourth-order valence-corrected chi connectivity index (χ4v) is 3.07. The molecule has 0 radical (unpaired) electrons. The zero-order valence-electron chi connectivity index (χ0n) is 12.4. The lowest BCUT2D eigenvalue weighted by Gasteiger charge is -2.44. The zero-order valence-corrected chi connectivity index (χ0v) is 12.4. The van der Waals surface area contributed by atoms with Crippen LogP contribution in [0.3, 0.4) is 0 Å². The molecule has 4 heteroatoms. The van der Waals surface area contributed by atoms with Crippen LogP contribution in [0.4, 0.5) is 8.78 Å². The first-order valence-electron chi connectivity index (χ1n) is 7.29. The molecule has 1 N–H and O–H groups in total. The van der Waals surface area contributed by atoms with Gasteiger partial charge in [0.2, 0.25) is 0 Å². The van der Waals surface area contributed by atoms with Gasteiger partial charge in [-0.15, -0.1) is 0 Å². The summed E-state index contributed by atoms with van der Waals surface area (Å²) in [5.74, 6) is -0.975. The fourth-order valence-electron chi connectivity index (χ4n) is 3.07. The normalized spacial score (nSPS) is 25.4. The van der Waals surface area contributed by atoms with E-state index in [-0.39, 0.29) is 23.3 Å². The smallest absolute Gasteiger partial charge is 0.165 e. The number of hydrogen-bond donors (Lipinski definition) is 1. The molecule has 112 valence electrons. The Morgan fingerprint density at radius 3 is 2.80 bits per heavy atom. The van der Waals surface area contributed by atoms with Crippen molar-refractivity contribution in [1.29, 1.82) is 0 Å². The van der Waals surface area contributed by atoms with Crippen molar-refractivity contribution < 1.29 is 13.5 Å². The van der Waals surface area contributed by atoms with Gasteiger partial charge in [-0.1, -0.05) is 20.8 Å². The molecule has 2 atom stereocenters. The molecule has 1 aromatic rings. The molecular formula is C16H23F2NO. The summed E-state index contributed by atoms with van der Waals surface area (Å²) in [5.41, 5.74) is 0.0860. The van der Waals surface area contributed by atoms with E-state index in [1.807, 2.05) is 6.92 Å². The first kappa shape index (κ1) is 15.2. The molecule has 1 fully saturated rings. The summed E-state index contributed by atoms with van der Waals surface area (Å²) in [5, 5.41) is 3.44. The lowest BCUT2D eigenvalue weighted by atomic mass is 9.71. The molecule has 0 bridgehead atoms. The Balaban J connectivity index is 2.19. The molecule has 2 rings (SSSR count). The van der Waals surface area contributed by atoms with Crippen LogP contribution < -0.4 is 10.1 Å². The second kappa shape index (κ2) is 6.08. The van der Waals surface area contributed by atoms with E-state index < -0.39 is 11.6 Å². The van der Waals surface area contributed by atoms with Gasteiger partial charge in [-0.2, -0.15) is 0 Å². The van der Waals surface area contributed by atoms with Crippen LogP contribution in [0.25, 0.3) is 0 Å². The Labute approximate surface area is 119 Å². The van der Waals surface area contributed by atoms with E-state index in [0.717, 1.165) is 44.0 Å². The van der Waals surface area contributed by atoms with Gasteiger partial charge in [0.05, 0.1) is 0 Å². The van der Waals surface area contributed by atoms with Crippen LogP contribution in [0.15, 0.2) is 18.2 Å². The maximum atomic E-state index is 13.7. The molecule has 0 heterocycles. The van der Waals surface area contributed by atoms with Crippen LogP contribution >= 0.6 is 0 Å². The Morgan fingerprint density at radius 2 is 2.10 bits per heavy atom. The van der Waals surface area contributed by atoms with E-state index in [0.29, 0.717) is 0 Å². The quantitative estimate of drug-likeness (QED) is 0.905. The molecule has 1 aliphatic carbocycles. The standard InChI is InChI=1S/C16H23F2NO/c1-4-19-15-13(6-5-9-16(15,2)3)20-14-10-11(17)7-8-12(14)18/h7-8,10,13,15,19H,4-6,9H2,1-3H3. The highest BCUT2D eigenvalue weighted by molar-refractivity contribution is 5.25. The second-order valence-corrected chi connectivity index (χ2v) is 6.15. The lowest BCUT2D eigenvalue weighted by molar-refractivity contribution is 0.0347. The minimum absolute atomic E-state index is 0.00982. The van der Waals surface area contributed by atoms with Crippen molar-refractivity contribution in [2.45, 2.75) is 52.2 Å². The Hall–Kier alpha value is -1.16. The molecule has 1 aliphatic rings. The summed E-state index contributed by atoms with van der Waals surface area (Å²) in [6.07, 6.45) is 2.87. The van der Waals surface area contributed by atoms with Gasteiger partial charge in [0, 0.05) is 12.1 Å². The molecule has 2 nitrogen and oxygen atoms in total. The van der Waals surface area contributed by atoms with Gasteiger partial charge in [-0.25, -0.2) is 8.78 Å². The molecule has 1 saturated carbocycles. The fraction of sp³-hybridized carbons (Fsp3) is 0.625. The maximum Gasteiger partial charge on any atom is 0.165 e. The third-order valence-corrected chi connectivity index (χ3v) is 4.12. The van der Waals surface area contributed by atoms with Crippen molar-refractivity contribution in [3.05, 3.63) is 29.8 Å². The molecule has 0 aromatic heterocycles. The highest BCUT2D eigenvalue weighted by atomic mass is 19.1. The molecule has 0 spiro atoms. The Morgan fingerprint density at radius 1 is 1.35 bits per heavy atom. The number of ether oxygens (including phenoxy) is 1. The highest BCUT2D eigenvalue weighted by Crippen LogP contribution is 2.37. The first-order chi connectivity index (χ1) is 9.44. The topological polar surface area (TPSA) is 21.3 Å². The number of halogens is 2. The van der Waals surface area contributed by atoms with Gasteiger partial charge in [-0.05, 0) is 43.4 Å². The van der Waals surface area contributed by atoms with Crippen LogP contribution in [0, 0.1) is 17.0 Å². The second-order valence-electron chi connectivity index (χ2n) is 6.15. The third-order valence-electron chi connectivity index (χ3n) is 4.12. The molecule has 20 heavy (non-hydrogen) atoms. The van der Waals surface area contributed by atoms with E-state index in [4.69, 9.17) is 4.74 Å². The molecular weight excluding hydrogens is 260 g/mol. The largest absolute Gasteiger partial charge is 0.486 e. The zero-order chi connectivity index (χ0) is 14.8. The van der Waals surface area contributed by atoms with Crippen LogP contribution in [0.1, 0.15) is 40.0 Å². The molecule has 0 aliphatic heterocycles. The summed E-state index contributed by atoms with van der Waals surface area (Å²) >= 11 is 0. The number of rotatable bonds is 4. The predicted octanol–water partition coefficient (Wildman–Crippen LogP) is 3.90. The van der Waals surface area contributed by atoms with E-state index in [2.05, 4.69) is 19.2 Å². The maximum absolute atomic E-state index is 13.7. The summed E-state index contributed by atoms with van der Waals surface area (Å²) in [6.45, 7) is 7.26. The average Bonchev–Trinajstić information content (AvgIpc) is 2.38. The van der Waals surface area contributed by atoms with Gasteiger partial charge in [0.1, 0.15) is 11.9 Å². The van der Waals surface area contributed by atoms with Crippen LogP contribution in [-0.4, -0.2) is 18.7 Å². The molecule has 1 aromatic carbocycles. The summed E-state index contributed by atoms with van der Waals surface area (Å²) in [6, 6.07) is 3.49. The highest BCUT2D eigenvalue weighted by Gasteiger charge is 2.40. The van der Waals surface area contributed by atoms with E-state index in [1.54, 1.807) is 0 Å². The van der Waals surface area contributed by atoms with Gasteiger partial charge in [0.25, 0.3) is 0 Å². The minimum Gasteiger partial charge on any atom is -0.486 e. The van der Waals surface area contributed by atoms with Gasteiger partial charge >= 0.3 is 0 Å². The number of nitrogens with one attached hydrogen (secondary N) is 1. The van der Waals surface area contributed by atoms with E-state index in [1.165, 1.54) is 0 Å². The van der Waals surface area contributed by atoms with Crippen molar-refractivity contribution >= 4 is 0 Å². The van der Waals surface area contributed by atoms with Gasteiger partial charge in [0.15, 0.2) is 11.6 Å². The monoisotopic (exact) mass is 283 g/mol. The first-order valence-corrected chi connectivity index (χ1v) is 7.29. The number of benzene rings is 1. The van der Waals surface area contributed by atoms with Crippen molar-refractivity contribution in [2.75, 3.05) is 6.54 Å².